The molecule has 0 amide bonds. The van der Waals surface area contributed by atoms with Crippen LogP contribution >= 0.6 is 11.3 Å². The molecule has 0 fully saturated rings. The standard InChI is InChI=1S/C18H14S/c1-2-7-13(8-3-1)14-10-6-11-16-15-9-4-5-12-17(15)19-18(14)16/h1-3,5-8,10-12H,4,9H2. The maximum Gasteiger partial charge on any atom is 0.0430 e. The molecule has 0 radical (unpaired) electrons. The first-order valence-corrected chi connectivity index (χ1v) is 7.51. The average molecular weight is 262 g/mol. The highest BCUT2D eigenvalue weighted by Gasteiger charge is 2.15. The third kappa shape index (κ3) is 1.73. The zero-order valence-corrected chi connectivity index (χ0v) is 11.4. The van der Waals surface area contributed by atoms with Crippen molar-refractivity contribution in [3.8, 4) is 11.1 Å². The summed E-state index contributed by atoms with van der Waals surface area (Å²) in [6.07, 6.45) is 6.94. The van der Waals surface area contributed by atoms with Crippen molar-refractivity contribution in [2.75, 3.05) is 0 Å². The summed E-state index contributed by atoms with van der Waals surface area (Å²) in [6.45, 7) is 0. The van der Waals surface area contributed by atoms with Crippen LogP contribution in [0.3, 0.4) is 0 Å². The van der Waals surface area contributed by atoms with E-state index >= 15 is 0 Å². The number of fused-ring (bicyclic) bond motifs is 3. The van der Waals surface area contributed by atoms with Crippen molar-refractivity contribution in [3.63, 3.8) is 0 Å². The molecule has 0 bridgehead atoms. The number of benzene rings is 2. The van der Waals surface area contributed by atoms with Gasteiger partial charge in [-0.1, -0.05) is 54.6 Å². The fourth-order valence-corrected chi connectivity index (χ4v) is 4.16. The van der Waals surface area contributed by atoms with Gasteiger partial charge in [0.1, 0.15) is 0 Å². The predicted molar refractivity (Wildman–Crippen MR) is 84.6 cm³/mol. The summed E-state index contributed by atoms with van der Waals surface area (Å²) in [4.78, 5) is 1.45. The number of rotatable bonds is 1. The molecule has 1 heterocycles. The Bertz CT molecular complexity index is 763. The maximum atomic E-state index is 2.29. The van der Waals surface area contributed by atoms with Crippen molar-refractivity contribution in [1.82, 2.24) is 0 Å². The second kappa shape index (κ2) is 4.36. The molecule has 0 saturated carbocycles. The summed E-state index contributed by atoms with van der Waals surface area (Å²) in [5, 5.41) is 1.45. The van der Waals surface area contributed by atoms with Crippen LogP contribution in [0, 0.1) is 0 Å². The van der Waals surface area contributed by atoms with Crippen molar-refractivity contribution >= 4 is 27.5 Å². The molecule has 0 aliphatic heterocycles. The lowest BCUT2D eigenvalue weighted by Crippen LogP contribution is -1.88. The average Bonchev–Trinajstić information content (AvgIpc) is 2.87. The van der Waals surface area contributed by atoms with E-state index in [9.17, 15) is 0 Å². The molecule has 1 heteroatoms. The first-order chi connectivity index (χ1) is 9.43. The molecule has 0 atom stereocenters. The van der Waals surface area contributed by atoms with Gasteiger partial charge in [0.25, 0.3) is 0 Å². The van der Waals surface area contributed by atoms with Gasteiger partial charge in [-0.05, 0) is 41.0 Å². The Kier molecular flexibility index (Phi) is 2.52. The van der Waals surface area contributed by atoms with E-state index in [1.54, 1.807) is 5.56 Å². The monoisotopic (exact) mass is 262 g/mol. The molecule has 3 aromatic rings. The largest absolute Gasteiger partial charge is 0.135 e. The van der Waals surface area contributed by atoms with Crippen molar-refractivity contribution < 1.29 is 0 Å². The van der Waals surface area contributed by atoms with Gasteiger partial charge in [-0.2, -0.15) is 0 Å². The van der Waals surface area contributed by atoms with E-state index in [4.69, 9.17) is 0 Å². The Hall–Kier alpha value is -1.86. The van der Waals surface area contributed by atoms with Crippen molar-refractivity contribution in [3.05, 3.63) is 65.0 Å². The van der Waals surface area contributed by atoms with Crippen molar-refractivity contribution in [1.29, 1.82) is 0 Å². The Morgan fingerprint density at radius 2 is 1.79 bits per heavy atom. The number of aryl methyl sites for hydroxylation is 1. The molecule has 4 rings (SSSR count). The first kappa shape index (κ1) is 11.0. The molecule has 19 heavy (non-hydrogen) atoms. The highest BCUT2D eigenvalue weighted by atomic mass is 32.1. The summed E-state index contributed by atoms with van der Waals surface area (Å²) >= 11 is 1.93. The first-order valence-electron chi connectivity index (χ1n) is 6.70. The molecule has 2 aromatic carbocycles. The molecule has 0 nitrogen and oxygen atoms in total. The number of thiophene rings is 1. The summed E-state index contributed by atoms with van der Waals surface area (Å²) in [7, 11) is 0. The van der Waals surface area contributed by atoms with Gasteiger partial charge in [0.15, 0.2) is 0 Å². The van der Waals surface area contributed by atoms with Gasteiger partial charge in [0.2, 0.25) is 0 Å². The second-order valence-corrected chi connectivity index (χ2v) is 5.99. The van der Waals surface area contributed by atoms with Crippen LogP contribution in [0.1, 0.15) is 16.9 Å². The Balaban J connectivity index is 2.03. The van der Waals surface area contributed by atoms with E-state index in [1.807, 2.05) is 11.3 Å². The quantitative estimate of drug-likeness (QED) is 0.541. The minimum Gasteiger partial charge on any atom is -0.135 e. The highest BCUT2D eigenvalue weighted by molar-refractivity contribution is 7.20. The van der Waals surface area contributed by atoms with E-state index < -0.39 is 0 Å². The van der Waals surface area contributed by atoms with Gasteiger partial charge in [0.05, 0.1) is 0 Å². The lowest BCUT2D eigenvalue weighted by molar-refractivity contribution is 1.01. The van der Waals surface area contributed by atoms with Crippen LogP contribution in [-0.2, 0) is 6.42 Å². The SMILES string of the molecule is C1=Cc2sc3c(-c4ccccc4)cccc3c2CC1. The van der Waals surface area contributed by atoms with Crippen LogP contribution < -0.4 is 0 Å². The molecule has 0 saturated heterocycles. The van der Waals surface area contributed by atoms with Crippen LogP contribution in [-0.4, -0.2) is 0 Å². The van der Waals surface area contributed by atoms with E-state index in [1.165, 1.54) is 38.9 Å². The number of hydrogen-bond acceptors (Lipinski definition) is 1. The van der Waals surface area contributed by atoms with Gasteiger partial charge < -0.3 is 0 Å². The third-order valence-electron chi connectivity index (χ3n) is 3.76. The van der Waals surface area contributed by atoms with Gasteiger partial charge in [-0.15, -0.1) is 11.3 Å². The van der Waals surface area contributed by atoms with E-state index in [-0.39, 0.29) is 0 Å². The van der Waals surface area contributed by atoms with Crippen LogP contribution in [0.2, 0.25) is 0 Å². The Morgan fingerprint density at radius 1 is 0.895 bits per heavy atom. The molecule has 0 spiro atoms. The summed E-state index contributed by atoms with van der Waals surface area (Å²) in [5.74, 6) is 0. The maximum absolute atomic E-state index is 2.29. The predicted octanol–water partition coefficient (Wildman–Crippen LogP) is 5.53. The molecule has 1 aliphatic carbocycles. The number of allylic oxidation sites excluding steroid dienone is 1. The van der Waals surface area contributed by atoms with Gasteiger partial charge in [0, 0.05) is 9.58 Å². The summed E-state index contributed by atoms with van der Waals surface area (Å²) in [5.41, 5.74) is 4.22. The topological polar surface area (TPSA) is 0 Å². The zero-order valence-electron chi connectivity index (χ0n) is 10.6. The minimum absolute atomic E-state index is 1.17. The smallest absolute Gasteiger partial charge is 0.0430 e. The van der Waals surface area contributed by atoms with E-state index in [0.717, 1.165) is 0 Å². The zero-order chi connectivity index (χ0) is 12.7. The van der Waals surface area contributed by atoms with Crippen molar-refractivity contribution in [2.24, 2.45) is 0 Å². The van der Waals surface area contributed by atoms with Crippen LogP contribution in [0.15, 0.2) is 54.6 Å². The molecule has 92 valence electrons. The summed E-state index contributed by atoms with van der Waals surface area (Å²) in [6, 6.07) is 17.4. The third-order valence-corrected chi connectivity index (χ3v) is 5.01. The Morgan fingerprint density at radius 3 is 2.68 bits per heavy atom. The molecular formula is C18H14S. The van der Waals surface area contributed by atoms with Gasteiger partial charge >= 0.3 is 0 Å². The van der Waals surface area contributed by atoms with Gasteiger partial charge in [-0.3, -0.25) is 0 Å². The molecule has 1 aromatic heterocycles. The lowest BCUT2D eigenvalue weighted by atomic mass is 9.98. The molecule has 0 unspecified atom stereocenters. The Labute approximate surface area is 117 Å². The molecule has 0 N–H and O–H groups in total. The lowest BCUT2D eigenvalue weighted by Gasteiger charge is -2.05. The number of hydrogen-bond donors (Lipinski definition) is 0. The normalized spacial score (nSPS) is 13.7. The van der Waals surface area contributed by atoms with E-state index in [2.05, 4.69) is 60.7 Å². The van der Waals surface area contributed by atoms with Crippen molar-refractivity contribution in [2.45, 2.75) is 12.8 Å². The molecular weight excluding hydrogens is 248 g/mol. The van der Waals surface area contributed by atoms with Crippen LogP contribution in [0.5, 0.6) is 0 Å². The highest BCUT2D eigenvalue weighted by Crippen LogP contribution is 2.40. The minimum atomic E-state index is 1.17. The van der Waals surface area contributed by atoms with E-state index in [0.29, 0.717) is 0 Å². The van der Waals surface area contributed by atoms with Crippen LogP contribution in [0.25, 0.3) is 27.3 Å². The molecule has 1 aliphatic rings. The fourth-order valence-electron chi connectivity index (χ4n) is 2.84. The fraction of sp³-hybridized carbons (Fsp3) is 0.111. The van der Waals surface area contributed by atoms with Gasteiger partial charge in [-0.25, -0.2) is 0 Å². The second-order valence-electron chi connectivity index (χ2n) is 4.93. The summed E-state index contributed by atoms with van der Waals surface area (Å²) < 4.78 is 1.44. The van der Waals surface area contributed by atoms with Crippen LogP contribution in [0.4, 0.5) is 0 Å².